The average molecular weight is 247 g/mol. The largest absolute Gasteiger partial charge is 0.462 e. The molecule has 0 bridgehead atoms. The summed E-state index contributed by atoms with van der Waals surface area (Å²) in [5.74, 6) is -0.255. The highest BCUT2D eigenvalue weighted by Gasteiger charge is 2.18. The van der Waals surface area contributed by atoms with Gasteiger partial charge in [-0.05, 0) is 18.9 Å². The molecular formula is C15H21NO2. The first kappa shape index (κ1) is 14.3. The maximum absolute atomic E-state index is 12.1. The van der Waals surface area contributed by atoms with Crippen LogP contribution >= 0.6 is 0 Å². The fourth-order valence-electron chi connectivity index (χ4n) is 1.93. The van der Waals surface area contributed by atoms with Crippen LogP contribution in [0.3, 0.4) is 0 Å². The Morgan fingerprint density at radius 3 is 2.22 bits per heavy atom. The summed E-state index contributed by atoms with van der Waals surface area (Å²) in [6.45, 7) is 4.25. The Bertz CT molecular complexity index is 421. The van der Waals surface area contributed by atoms with E-state index in [0.29, 0.717) is 12.2 Å². The molecule has 0 saturated heterocycles. The minimum Gasteiger partial charge on any atom is -0.462 e. The summed E-state index contributed by atoms with van der Waals surface area (Å²) < 4.78 is 5.17. The van der Waals surface area contributed by atoms with Crippen molar-refractivity contribution < 1.29 is 9.53 Å². The Hall–Kier alpha value is -1.77. The Kier molecular flexibility index (Phi) is 5.43. The number of allylic oxidation sites excluding steroid dienone is 1. The molecule has 0 fully saturated rings. The van der Waals surface area contributed by atoms with Crippen LogP contribution in [-0.2, 0) is 9.53 Å². The van der Waals surface area contributed by atoms with Gasteiger partial charge in [-0.1, -0.05) is 37.3 Å². The molecule has 0 saturated carbocycles. The molecule has 0 N–H and O–H groups in total. The molecule has 1 rings (SSSR count). The van der Waals surface area contributed by atoms with Crippen LogP contribution < -0.4 is 0 Å². The molecule has 3 heteroatoms. The van der Waals surface area contributed by atoms with Gasteiger partial charge in [0.25, 0.3) is 0 Å². The van der Waals surface area contributed by atoms with Gasteiger partial charge < -0.3 is 9.64 Å². The standard InChI is InChI=1S/C15H21NO2/c1-5-13(16(3)4)14(15(17)18-6-2)12-10-8-7-9-11-12/h7-11H,5-6H2,1-4H3/b14-13+. The molecule has 0 atom stereocenters. The predicted molar refractivity (Wildman–Crippen MR) is 74.0 cm³/mol. The summed E-state index contributed by atoms with van der Waals surface area (Å²) >= 11 is 0. The number of ether oxygens (including phenoxy) is 1. The molecule has 3 nitrogen and oxygen atoms in total. The van der Waals surface area contributed by atoms with Crippen LogP contribution in [0.15, 0.2) is 36.0 Å². The first-order chi connectivity index (χ1) is 8.61. The maximum atomic E-state index is 12.1. The SMILES string of the molecule is CCOC(=O)/C(=C(\CC)N(C)C)c1ccccc1. The van der Waals surface area contributed by atoms with E-state index in [1.807, 2.05) is 63.2 Å². The molecule has 1 aromatic rings. The molecule has 18 heavy (non-hydrogen) atoms. The molecule has 0 spiro atoms. The third kappa shape index (κ3) is 3.36. The predicted octanol–water partition coefficient (Wildman–Crippen LogP) is 2.93. The van der Waals surface area contributed by atoms with Crippen molar-refractivity contribution in [1.29, 1.82) is 0 Å². The molecule has 1 aromatic carbocycles. The van der Waals surface area contributed by atoms with E-state index in [1.54, 1.807) is 0 Å². The molecular weight excluding hydrogens is 226 g/mol. The van der Waals surface area contributed by atoms with Gasteiger partial charge in [0.05, 0.1) is 12.2 Å². The number of carbonyl (C=O) groups excluding carboxylic acids is 1. The van der Waals surface area contributed by atoms with Gasteiger partial charge in [-0.25, -0.2) is 4.79 Å². The maximum Gasteiger partial charge on any atom is 0.340 e. The fraction of sp³-hybridized carbons (Fsp3) is 0.400. The zero-order valence-electron chi connectivity index (χ0n) is 11.6. The fourth-order valence-corrected chi connectivity index (χ4v) is 1.93. The Morgan fingerprint density at radius 1 is 1.17 bits per heavy atom. The van der Waals surface area contributed by atoms with Crippen molar-refractivity contribution in [2.45, 2.75) is 20.3 Å². The van der Waals surface area contributed by atoms with Gasteiger partial charge in [-0.3, -0.25) is 0 Å². The van der Waals surface area contributed by atoms with Gasteiger partial charge in [-0.2, -0.15) is 0 Å². The molecule has 0 aliphatic carbocycles. The Morgan fingerprint density at radius 2 is 1.78 bits per heavy atom. The van der Waals surface area contributed by atoms with Crippen LogP contribution in [0.1, 0.15) is 25.8 Å². The molecule has 0 unspecified atom stereocenters. The van der Waals surface area contributed by atoms with Crippen molar-refractivity contribution in [2.75, 3.05) is 20.7 Å². The van der Waals surface area contributed by atoms with Crippen molar-refractivity contribution in [3.63, 3.8) is 0 Å². The number of esters is 1. The van der Waals surface area contributed by atoms with Crippen LogP contribution in [0.25, 0.3) is 5.57 Å². The third-order valence-corrected chi connectivity index (χ3v) is 2.71. The first-order valence-electron chi connectivity index (χ1n) is 6.24. The smallest absolute Gasteiger partial charge is 0.340 e. The third-order valence-electron chi connectivity index (χ3n) is 2.71. The van der Waals surface area contributed by atoms with Crippen molar-refractivity contribution in [3.05, 3.63) is 41.6 Å². The van der Waals surface area contributed by atoms with E-state index in [-0.39, 0.29) is 5.97 Å². The number of rotatable bonds is 5. The Balaban J connectivity index is 3.30. The monoisotopic (exact) mass is 247 g/mol. The van der Waals surface area contributed by atoms with E-state index >= 15 is 0 Å². The quantitative estimate of drug-likeness (QED) is 0.592. The van der Waals surface area contributed by atoms with Crippen molar-refractivity contribution in [1.82, 2.24) is 4.90 Å². The highest BCUT2D eigenvalue weighted by Crippen LogP contribution is 2.23. The minimum atomic E-state index is -0.255. The van der Waals surface area contributed by atoms with E-state index in [9.17, 15) is 4.79 Å². The van der Waals surface area contributed by atoms with Crippen LogP contribution in [0.4, 0.5) is 0 Å². The topological polar surface area (TPSA) is 29.5 Å². The second kappa shape index (κ2) is 6.84. The van der Waals surface area contributed by atoms with E-state index in [1.165, 1.54) is 0 Å². The molecule has 0 amide bonds. The number of benzene rings is 1. The molecule has 0 aliphatic heterocycles. The van der Waals surface area contributed by atoms with Gasteiger partial charge >= 0.3 is 5.97 Å². The summed E-state index contributed by atoms with van der Waals surface area (Å²) in [6.07, 6.45) is 0.788. The van der Waals surface area contributed by atoms with Crippen LogP contribution in [0.5, 0.6) is 0 Å². The van der Waals surface area contributed by atoms with Crippen LogP contribution in [0, 0.1) is 0 Å². The lowest BCUT2D eigenvalue weighted by Crippen LogP contribution is -2.18. The van der Waals surface area contributed by atoms with Crippen molar-refractivity contribution in [3.8, 4) is 0 Å². The Labute approximate surface area is 109 Å². The molecule has 0 aromatic heterocycles. The highest BCUT2D eigenvalue weighted by atomic mass is 16.5. The van der Waals surface area contributed by atoms with Gasteiger partial charge in [0.2, 0.25) is 0 Å². The van der Waals surface area contributed by atoms with Gasteiger partial charge in [0, 0.05) is 19.8 Å². The summed E-state index contributed by atoms with van der Waals surface area (Å²) in [5.41, 5.74) is 2.55. The summed E-state index contributed by atoms with van der Waals surface area (Å²) in [7, 11) is 3.89. The second-order valence-corrected chi connectivity index (χ2v) is 4.16. The zero-order valence-corrected chi connectivity index (χ0v) is 11.6. The van der Waals surface area contributed by atoms with E-state index in [0.717, 1.165) is 17.7 Å². The van der Waals surface area contributed by atoms with Crippen LogP contribution in [-0.4, -0.2) is 31.6 Å². The number of hydrogen-bond donors (Lipinski definition) is 0. The van der Waals surface area contributed by atoms with Gasteiger partial charge in [0.1, 0.15) is 0 Å². The summed E-state index contributed by atoms with van der Waals surface area (Å²) in [5, 5.41) is 0. The summed E-state index contributed by atoms with van der Waals surface area (Å²) in [4.78, 5) is 14.1. The lowest BCUT2D eigenvalue weighted by atomic mass is 10.0. The molecule has 0 aliphatic rings. The highest BCUT2D eigenvalue weighted by molar-refractivity contribution is 6.17. The number of hydrogen-bond acceptors (Lipinski definition) is 3. The van der Waals surface area contributed by atoms with E-state index in [2.05, 4.69) is 0 Å². The number of carbonyl (C=O) groups is 1. The van der Waals surface area contributed by atoms with Crippen molar-refractivity contribution >= 4 is 11.5 Å². The zero-order chi connectivity index (χ0) is 13.5. The van der Waals surface area contributed by atoms with E-state index < -0.39 is 0 Å². The minimum absolute atomic E-state index is 0.255. The summed E-state index contributed by atoms with van der Waals surface area (Å²) in [6, 6.07) is 9.67. The molecule has 98 valence electrons. The normalized spacial score (nSPS) is 11.8. The van der Waals surface area contributed by atoms with Crippen molar-refractivity contribution in [2.24, 2.45) is 0 Å². The molecule has 0 radical (unpaired) electrons. The molecule has 0 heterocycles. The number of nitrogens with zero attached hydrogens (tertiary/aromatic N) is 1. The van der Waals surface area contributed by atoms with Crippen LogP contribution in [0.2, 0.25) is 0 Å². The van der Waals surface area contributed by atoms with E-state index in [4.69, 9.17) is 4.74 Å². The average Bonchev–Trinajstić information content (AvgIpc) is 2.36. The van der Waals surface area contributed by atoms with Gasteiger partial charge in [0.15, 0.2) is 0 Å². The lowest BCUT2D eigenvalue weighted by molar-refractivity contribution is -0.136. The first-order valence-corrected chi connectivity index (χ1v) is 6.24. The lowest BCUT2D eigenvalue weighted by Gasteiger charge is -2.20. The second-order valence-electron chi connectivity index (χ2n) is 4.16. The van der Waals surface area contributed by atoms with Gasteiger partial charge in [-0.15, -0.1) is 0 Å².